The summed E-state index contributed by atoms with van der Waals surface area (Å²) in [4.78, 5) is 29.1. The van der Waals surface area contributed by atoms with Crippen LogP contribution in [-0.2, 0) is 20.8 Å². The molecule has 0 bridgehead atoms. The van der Waals surface area contributed by atoms with Crippen LogP contribution in [0.15, 0.2) is 97.1 Å². The number of carbonyl (C=O) groups excluding carboxylic acids is 2. The Morgan fingerprint density at radius 3 is 0.891 bits per heavy atom. The predicted octanol–water partition coefficient (Wildman–Crippen LogP) is 6.98. The van der Waals surface area contributed by atoms with Crippen LogP contribution >= 0.6 is 0 Å². The van der Waals surface area contributed by atoms with Crippen molar-refractivity contribution in [3.63, 3.8) is 0 Å². The lowest BCUT2D eigenvalue weighted by Crippen LogP contribution is -2.60. The molecule has 0 saturated heterocycles. The van der Waals surface area contributed by atoms with E-state index in [0.717, 1.165) is 0 Å². The van der Waals surface area contributed by atoms with Crippen molar-refractivity contribution < 1.29 is 38.7 Å². The van der Waals surface area contributed by atoms with E-state index in [1.165, 1.54) is 0 Å². The van der Waals surface area contributed by atoms with E-state index >= 15 is 0 Å². The lowest BCUT2D eigenvalue weighted by Gasteiger charge is -2.41. The first-order chi connectivity index (χ1) is 26.0. The first-order valence-electron chi connectivity index (χ1n) is 18.7. The third-order valence-electron chi connectivity index (χ3n) is 10.3. The third kappa shape index (κ3) is 9.43. The van der Waals surface area contributed by atoms with Crippen LogP contribution in [0.1, 0.15) is 76.6 Å². The summed E-state index contributed by atoms with van der Waals surface area (Å²) in [5, 5.41) is 32.0. The lowest BCUT2D eigenvalue weighted by molar-refractivity contribution is -0.144. The highest BCUT2D eigenvalue weighted by atomic mass is 16.5. The molecule has 4 aromatic rings. The van der Waals surface area contributed by atoms with Crippen LogP contribution in [0.4, 0.5) is 0 Å². The van der Waals surface area contributed by atoms with Gasteiger partial charge < -0.3 is 39.8 Å². The van der Waals surface area contributed by atoms with Gasteiger partial charge in [-0.3, -0.25) is 9.59 Å². The Balaban J connectivity index is 1.76. The molecule has 4 aromatic carbocycles. The molecule has 2 amide bonds. The number of hydrogen-bond donors (Lipinski definition) is 4. The van der Waals surface area contributed by atoms with E-state index in [9.17, 15) is 19.8 Å². The first kappa shape index (κ1) is 42.7. The molecule has 296 valence electrons. The van der Waals surface area contributed by atoms with Gasteiger partial charge in [0.15, 0.2) is 0 Å². The Morgan fingerprint density at radius 1 is 0.491 bits per heavy atom. The van der Waals surface area contributed by atoms with Gasteiger partial charge in [0.05, 0.1) is 40.5 Å². The average molecular weight is 755 g/mol. The lowest BCUT2D eigenvalue weighted by atomic mass is 9.75. The summed E-state index contributed by atoms with van der Waals surface area (Å²) in [6, 6.07) is 26.5. The minimum atomic E-state index is -1.71. The fraction of sp³-hybridized carbons (Fsp3) is 0.422. The van der Waals surface area contributed by atoms with Crippen molar-refractivity contribution in [2.24, 2.45) is 17.3 Å². The normalized spacial score (nSPS) is 13.2. The van der Waals surface area contributed by atoms with Gasteiger partial charge in [-0.05, 0) is 109 Å². The number of carbonyl (C=O) groups is 2. The van der Waals surface area contributed by atoms with Gasteiger partial charge in [0.1, 0.15) is 39.6 Å². The molecule has 0 aliphatic heterocycles. The van der Waals surface area contributed by atoms with Gasteiger partial charge in [0.25, 0.3) is 0 Å². The Bertz CT molecular complexity index is 1610. The van der Waals surface area contributed by atoms with E-state index in [0.29, 0.717) is 58.1 Å². The van der Waals surface area contributed by atoms with Gasteiger partial charge in [0.2, 0.25) is 11.8 Å². The number of amides is 2. The maximum absolute atomic E-state index is 14.5. The van der Waals surface area contributed by atoms with E-state index in [1.54, 1.807) is 139 Å². The van der Waals surface area contributed by atoms with Gasteiger partial charge in [-0.25, -0.2) is 0 Å². The molecule has 0 fully saturated rings. The Labute approximate surface area is 326 Å². The second kappa shape index (κ2) is 18.0. The fourth-order valence-electron chi connectivity index (χ4n) is 6.91. The van der Waals surface area contributed by atoms with Crippen molar-refractivity contribution >= 4 is 11.8 Å². The van der Waals surface area contributed by atoms with Crippen LogP contribution < -0.4 is 29.6 Å². The highest BCUT2D eigenvalue weighted by Crippen LogP contribution is 2.40. The zero-order valence-electron chi connectivity index (χ0n) is 33.8. The van der Waals surface area contributed by atoms with Gasteiger partial charge in [0, 0.05) is 0 Å². The fourth-order valence-corrected chi connectivity index (χ4v) is 6.91. The van der Waals surface area contributed by atoms with Crippen molar-refractivity contribution in [2.45, 2.75) is 77.7 Å². The first-order valence-corrected chi connectivity index (χ1v) is 18.7. The molecule has 0 heterocycles. The number of aliphatic hydroxyl groups is 2. The molecular weight excluding hydrogens is 697 g/mol. The molecule has 0 spiro atoms. The second-order valence-corrected chi connectivity index (χ2v) is 15.4. The zero-order valence-corrected chi connectivity index (χ0v) is 33.8. The standard InChI is InChI=1S/C45H58N2O8/c1-29(2)27-39(44(50,31-11-19-35(52-7)20-12-31)32-13-21-36(53-8)22-14-32)46-41(48)43(5,6)42(49)47-40(28-30(3)4)45(51,33-15-23-37(54-9)24-16-33)34-17-25-38(55-10)26-18-34/h11-26,29-30,39-40,50-51H,27-28H2,1-10H3,(H,46,48)(H,47,49)/t39-,40-/m1/s1. The summed E-state index contributed by atoms with van der Waals surface area (Å²) >= 11 is 0. The smallest absolute Gasteiger partial charge is 0.235 e. The van der Waals surface area contributed by atoms with Gasteiger partial charge >= 0.3 is 0 Å². The molecule has 10 heteroatoms. The molecule has 55 heavy (non-hydrogen) atoms. The van der Waals surface area contributed by atoms with E-state index in [1.807, 2.05) is 27.7 Å². The highest BCUT2D eigenvalue weighted by Gasteiger charge is 2.48. The van der Waals surface area contributed by atoms with E-state index in [4.69, 9.17) is 18.9 Å². The molecule has 4 rings (SSSR count). The monoisotopic (exact) mass is 754 g/mol. The van der Waals surface area contributed by atoms with Crippen LogP contribution in [0, 0.1) is 17.3 Å². The largest absolute Gasteiger partial charge is 0.497 e. The van der Waals surface area contributed by atoms with Crippen molar-refractivity contribution in [1.29, 1.82) is 0 Å². The molecule has 0 unspecified atom stereocenters. The van der Waals surface area contributed by atoms with E-state index in [-0.39, 0.29) is 11.8 Å². The van der Waals surface area contributed by atoms with Crippen molar-refractivity contribution in [1.82, 2.24) is 10.6 Å². The Kier molecular flexibility index (Phi) is 14.0. The molecule has 0 radical (unpaired) electrons. The number of hydrogen-bond acceptors (Lipinski definition) is 8. The highest BCUT2D eigenvalue weighted by molar-refractivity contribution is 6.04. The maximum Gasteiger partial charge on any atom is 0.235 e. The molecule has 0 aliphatic carbocycles. The number of rotatable bonds is 18. The second-order valence-electron chi connectivity index (χ2n) is 15.4. The zero-order chi connectivity index (χ0) is 40.6. The van der Waals surface area contributed by atoms with Crippen LogP contribution in [0.3, 0.4) is 0 Å². The van der Waals surface area contributed by atoms with Crippen LogP contribution in [0.25, 0.3) is 0 Å². The summed E-state index contributed by atoms with van der Waals surface area (Å²) in [6.07, 6.45) is 0.755. The molecule has 0 aromatic heterocycles. The summed E-state index contributed by atoms with van der Waals surface area (Å²) in [6.45, 7) is 11.1. The molecule has 0 aliphatic rings. The van der Waals surface area contributed by atoms with Crippen LogP contribution in [0.5, 0.6) is 23.0 Å². The Morgan fingerprint density at radius 2 is 0.709 bits per heavy atom. The van der Waals surface area contributed by atoms with Crippen molar-refractivity contribution in [3.05, 3.63) is 119 Å². The number of methoxy groups -OCH3 is 4. The Hall–Kier alpha value is -5.06. The molecular formula is C45H58N2O8. The van der Waals surface area contributed by atoms with Gasteiger partial charge in [-0.1, -0.05) is 76.2 Å². The number of nitrogens with one attached hydrogen (secondary N) is 2. The SMILES string of the molecule is COc1ccc(C(O)(c2ccc(OC)cc2)[C@@H](CC(C)C)NC(=O)C(C)(C)C(=O)N[C@H](CC(C)C)C(O)(c2ccc(OC)cc2)c2ccc(OC)cc2)cc1. The van der Waals surface area contributed by atoms with Crippen molar-refractivity contribution in [3.8, 4) is 23.0 Å². The summed E-state index contributed by atoms with van der Waals surface area (Å²) < 4.78 is 21.6. The topological polar surface area (TPSA) is 136 Å². The van der Waals surface area contributed by atoms with Crippen LogP contribution in [0.2, 0.25) is 0 Å². The number of benzene rings is 4. The van der Waals surface area contributed by atoms with E-state index < -0.39 is 40.5 Å². The summed E-state index contributed by atoms with van der Waals surface area (Å²) in [5.41, 5.74) is -2.94. The number of ether oxygens (including phenoxy) is 4. The molecule has 2 atom stereocenters. The van der Waals surface area contributed by atoms with Crippen LogP contribution in [-0.4, -0.2) is 62.6 Å². The minimum Gasteiger partial charge on any atom is -0.497 e. The van der Waals surface area contributed by atoms with Crippen molar-refractivity contribution in [2.75, 3.05) is 28.4 Å². The molecule has 0 saturated carbocycles. The van der Waals surface area contributed by atoms with Gasteiger partial charge in [-0.2, -0.15) is 0 Å². The average Bonchev–Trinajstić information content (AvgIpc) is 3.19. The predicted molar refractivity (Wildman–Crippen MR) is 215 cm³/mol. The quantitative estimate of drug-likeness (QED) is 0.0800. The molecule has 10 nitrogen and oxygen atoms in total. The minimum absolute atomic E-state index is 0.0460. The summed E-state index contributed by atoms with van der Waals surface area (Å²) in [5.74, 6) is 1.38. The molecule has 4 N–H and O–H groups in total. The summed E-state index contributed by atoms with van der Waals surface area (Å²) in [7, 11) is 6.28. The van der Waals surface area contributed by atoms with Gasteiger partial charge in [-0.15, -0.1) is 0 Å². The van der Waals surface area contributed by atoms with E-state index in [2.05, 4.69) is 10.6 Å². The maximum atomic E-state index is 14.5. The third-order valence-corrected chi connectivity index (χ3v) is 10.3.